The van der Waals surface area contributed by atoms with Gasteiger partial charge in [-0.1, -0.05) is 24.8 Å². The molecule has 0 amide bonds. The summed E-state index contributed by atoms with van der Waals surface area (Å²) in [4.78, 5) is -1.09. The fraction of sp³-hybridized carbons (Fsp3) is 0.385. The van der Waals surface area contributed by atoms with Crippen molar-refractivity contribution in [3.8, 4) is 0 Å². The van der Waals surface area contributed by atoms with Crippen molar-refractivity contribution in [2.24, 2.45) is 5.73 Å². The molecule has 3 heteroatoms. The summed E-state index contributed by atoms with van der Waals surface area (Å²) < 4.78 is 14.2. The van der Waals surface area contributed by atoms with Crippen LogP contribution in [0.4, 0.5) is 4.39 Å². The van der Waals surface area contributed by atoms with Crippen LogP contribution in [0.25, 0.3) is 0 Å². The van der Waals surface area contributed by atoms with Crippen LogP contribution in [0.2, 0.25) is 0 Å². The highest BCUT2D eigenvalue weighted by atomic mass is 35.5. The molecule has 0 fully saturated rings. The maximum atomic E-state index is 14.2. The first-order chi connectivity index (χ1) is 7.18. The van der Waals surface area contributed by atoms with Crippen LogP contribution in [0.1, 0.15) is 20.8 Å². The molecule has 1 aliphatic carbocycles. The molecule has 0 aromatic carbocycles. The van der Waals surface area contributed by atoms with E-state index in [0.29, 0.717) is 22.4 Å². The van der Waals surface area contributed by atoms with Crippen molar-refractivity contribution >= 4 is 11.6 Å². The van der Waals surface area contributed by atoms with Crippen LogP contribution in [-0.4, -0.2) is 11.0 Å². The number of alkyl halides is 2. The predicted octanol–water partition coefficient (Wildman–Crippen LogP) is 3.63. The summed E-state index contributed by atoms with van der Waals surface area (Å²) in [6, 6.07) is 0. The van der Waals surface area contributed by atoms with Crippen LogP contribution in [0.5, 0.6) is 0 Å². The SMILES string of the molecule is C=C(C)C1=CC(C)(Cl)C(F)C(C(=C)C)=C1N. The molecule has 2 N–H and O–H groups in total. The van der Waals surface area contributed by atoms with Gasteiger partial charge in [-0.05, 0) is 31.9 Å². The molecule has 0 radical (unpaired) electrons. The van der Waals surface area contributed by atoms with Crippen molar-refractivity contribution in [1.82, 2.24) is 0 Å². The number of hydrogen-bond donors (Lipinski definition) is 1. The van der Waals surface area contributed by atoms with Crippen molar-refractivity contribution in [2.75, 3.05) is 0 Å². The third-order valence-electron chi connectivity index (χ3n) is 2.68. The summed E-state index contributed by atoms with van der Waals surface area (Å²) in [5, 5.41) is 0. The first-order valence-electron chi connectivity index (χ1n) is 5.06. The number of hydrogen-bond acceptors (Lipinski definition) is 1. The molecule has 0 bridgehead atoms. The quantitative estimate of drug-likeness (QED) is 0.734. The Morgan fingerprint density at radius 1 is 1.44 bits per heavy atom. The lowest BCUT2D eigenvalue weighted by Crippen LogP contribution is -2.36. The fourth-order valence-corrected chi connectivity index (χ4v) is 2.01. The minimum absolute atomic E-state index is 0.387. The molecule has 1 rings (SSSR count). The Labute approximate surface area is 101 Å². The van der Waals surface area contributed by atoms with Crippen LogP contribution < -0.4 is 5.73 Å². The van der Waals surface area contributed by atoms with E-state index in [2.05, 4.69) is 13.2 Å². The Balaban J connectivity index is 3.44. The second-order valence-electron chi connectivity index (χ2n) is 4.46. The van der Waals surface area contributed by atoms with Crippen molar-refractivity contribution in [3.05, 3.63) is 47.2 Å². The van der Waals surface area contributed by atoms with E-state index in [0.717, 1.165) is 5.57 Å². The van der Waals surface area contributed by atoms with E-state index in [9.17, 15) is 4.39 Å². The van der Waals surface area contributed by atoms with Crippen LogP contribution in [0.3, 0.4) is 0 Å². The highest BCUT2D eigenvalue weighted by molar-refractivity contribution is 6.26. The fourth-order valence-electron chi connectivity index (χ4n) is 1.80. The third kappa shape index (κ3) is 2.07. The van der Waals surface area contributed by atoms with Crippen molar-refractivity contribution in [3.63, 3.8) is 0 Å². The summed E-state index contributed by atoms with van der Waals surface area (Å²) in [5.74, 6) is 0. The number of nitrogens with two attached hydrogens (primary N) is 1. The van der Waals surface area contributed by atoms with E-state index in [1.807, 2.05) is 6.92 Å². The van der Waals surface area contributed by atoms with Crippen molar-refractivity contribution < 1.29 is 4.39 Å². The summed E-state index contributed by atoms with van der Waals surface area (Å²) >= 11 is 6.14. The first kappa shape index (κ1) is 13.0. The molecule has 0 aromatic heterocycles. The maximum absolute atomic E-state index is 14.2. The first-order valence-corrected chi connectivity index (χ1v) is 5.44. The van der Waals surface area contributed by atoms with E-state index in [1.165, 1.54) is 0 Å². The second-order valence-corrected chi connectivity index (χ2v) is 5.27. The monoisotopic (exact) mass is 241 g/mol. The standard InChI is InChI=1S/C13H17ClFN/c1-7(2)9-6-13(5,14)12(15)10(8(3)4)11(9)16/h6,12H,1,3,16H2,2,4-5H3. The molecule has 2 unspecified atom stereocenters. The molecule has 0 spiro atoms. The highest BCUT2D eigenvalue weighted by Crippen LogP contribution is 2.40. The molecule has 1 nitrogen and oxygen atoms in total. The number of halogens is 2. The van der Waals surface area contributed by atoms with Gasteiger partial charge >= 0.3 is 0 Å². The average Bonchev–Trinajstić information content (AvgIpc) is 2.11. The summed E-state index contributed by atoms with van der Waals surface area (Å²) in [6.45, 7) is 12.7. The van der Waals surface area contributed by atoms with Crippen LogP contribution in [-0.2, 0) is 0 Å². The van der Waals surface area contributed by atoms with Gasteiger partial charge in [-0.25, -0.2) is 4.39 Å². The Hall–Kier alpha value is -1.02. The molecule has 1 aliphatic rings. The number of rotatable bonds is 2. The van der Waals surface area contributed by atoms with E-state index in [1.54, 1.807) is 19.9 Å². The molecule has 0 aromatic rings. The van der Waals surface area contributed by atoms with Crippen LogP contribution in [0.15, 0.2) is 47.2 Å². The molecule has 88 valence electrons. The molecule has 16 heavy (non-hydrogen) atoms. The second kappa shape index (κ2) is 4.10. The lowest BCUT2D eigenvalue weighted by Gasteiger charge is -2.33. The minimum atomic E-state index is -1.34. The van der Waals surface area contributed by atoms with Gasteiger partial charge in [0.15, 0.2) is 0 Å². The van der Waals surface area contributed by atoms with Crippen LogP contribution >= 0.6 is 11.6 Å². The number of allylic oxidation sites excluding steroid dienone is 4. The van der Waals surface area contributed by atoms with Gasteiger partial charge in [-0.15, -0.1) is 11.6 Å². The van der Waals surface area contributed by atoms with Gasteiger partial charge in [-0.2, -0.15) is 0 Å². The van der Waals surface area contributed by atoms with Gasteiger partial charge in [-0.3, -0.25) is 0 Å². The Kier molecular flexibility index (Phi) is 3.34. The Morgan fingerprint density at radius 3 is 2.31 bits per heavy atom. The van der Waals surface area contributed by atoms with Gasteiger partial charge in [0, 0.05) is 11.3 Å². The van der Waals surface area contributed by atoms with E-state index in [4.69, 9.17) is 17.3 Å². The largest absolute Gasteiger partial charge is 0.398 e. The van der Waals surface area contributed by atoms with Gasteiger partial charge in [0.25, 0.3) is 0 Å². The Bertz CT molecular complexity index is 416. The smallest absolute Gasteiger partial charge is 0.150 e. The van der Waals surface area contributed by atoms with E-state index in [-0.39, 0.29) is 0 Å². The molecule has 2 atom stereocenters. The molecular formula is C13H17ClFN. The molecule has 0 heterocycles. The zero-order valence-electron chi connectivity index (χ0n) is 9.90. The summed E-state index contributed by atoms with van der Waals surface area (Å²) in [6.07, 6.45) is 0.290. The lowest BCUT2D eigenvalue weighted by atomic mass is 9.82. The Morgan fingerprint density at radius 2 is 1.94 bits per heavy atom. The molecule has 0 aliphatic heterocycles. The summed E-state index contributed by atoms with van der Waals surface area (Å²) in [7, 11) is 0. The third-order valence-corrected chi connectivity index (χ3v) is 2.98. The zero-order chi connectivity index (χ0) is 12.7. The van der Waals surface area contributed by atoms with Crippen molar-refractivity contribution in [2.45, 2.75) is 31.8 Å². The molecule has 0 saturated carbocycles. The normalized spacial score (nSPS) is 30.1. The van der Waals surface area contributed by atoms with Gasteiger partial charge < -0.3 is 5.73 Å². The minimum Gasteiger partial charge on any atom is -0.398 e. The molecule has 0 saturated heterocycles. The van der Waals surface area contributed by atoms with Gasteiger partial charge in [0.05, 0.1) is 4.87 Å². The summed E-state index contributed by atoms with van der Waals surface area (Å²) in [5.41, 5.74) is 8.80. The van der Waals surface area contributed by atoms with Gasteiger partial charge in [0.2, 0.25) is 0 Å². The van der Waals surface area contributed by atoms with E-state index >= 15 is 0 Å². The van der Waals surface area contributed by atoms with Crippen LogP contribution in [0, 0.1) is 0 Å². The van der Waals surface area contributed by atoms with Crippen molar-refractivity contribution in [1.29, 1.82) is 0 Å². The zero-order valence-corrected chi connectivity index (χ0v) is 10.7. The maximum Gasteiger partial charge on any atom is 0.150 e. The topological polar surface area (TPSA) is 26.0 Å². The molecular weight excluding hydrogens is 225 g/mol. The average molecular weight is 242 g/mol. The highest BCUT2D eigenvalue weighted by Gasteiger charge is 2.39. The lowest BCUT2D eigenvalue weighted by molar-refractivity contribution is 0.334. The van der Waals surface area contributed by atoms with Gasteiger partial charge in [0.1, 0.15) is 6.17 Å². The predicted molar refractivity (Wildman–Crippen MR) is 68.1 cm³/mol. The van der Waals surface area contributed by atoms with E-state index < -0.39 is 11.0 Å².